The number of rotatable bonds is 6. The zero-order chi connectivity index (χ0) is 15.8. The zero-order valence-corrected chi connectivity index (χ0v) is 14.2. The molecular formula is C17H32N2O3. The van der Waals surface area contributed by atoms with Crippen molar-refractivity contribution < 1.29 is 14.3 Å². The lowest BCUT2D eigenvalue weighted by Gasteiger charge is -2.35. The summed E-state index contributed by atoms with van der Waals surface area (Å²) in [7, 11) is 1.69. The van der Waals surface area contributed by atoms with Crippen molar-refractivity contribution in [2.75, 3.05) is 33.4 Å². The van der Waals surface area contributed by atoms with Crippen LogP contribution in [0.3, 0.4) is 0 Å². The number of amides is 2. The molecule has 1 N–H and O–H groups in total. The second-order valence-corrected chi connectivity index (χ2v) is 6.64. The van der Waals surface area contributed by atoms with Crippen LogP contribution in [-0.2, 0) is 9.47 Å². The van der Waals surface area contributed by atoms with E-state index >= 15 is 0 Å². The largest absolute Gasteiger partial charge is 0.382 e. The Morgan fingerprint density at radius 1 is 1.18 bits per heavy atom. The molecule has 0 aromatic carbocycles. The van der Waals surface area contributed by atoms with Gasteiger partial charge in [0.1, 0.15) is 0 Å². The van der Waals surface area contributed by atoms with Gasteiger partial charge in [0.15, 0.2) is 0 Å². The highest BCUT2D eigenvalue weighted by Crippen LogP contribution is 2.26. The van der Waals surface area contributed by atoms with Crippen molar-refractivity contribution in [3.8, 4) is 0 Å². The highest BCUT2D eigenvalue weighted by molar-refractivity contribution is 5.74. The number of methoxy groups -OCH3 is 1. The summed E-state index contributed by atoms with van der Waals surface area (Å²) in [5, 5.41) is 3.25. The van der Waals surface area contributed by atoms with Crippen molar-refractivity contribution in [3.63, 3.8) is 0 Å². The van der Waals surface area contributed by atoms with E-state index in [1.54, 1.807) is 7.11 Å². The summed E-state index contributed by atoms with van der Waals surface area (Å²) in [5.41, 5.74) is 0. The van der Waals surface area contributed by atoms with Gasteiger partial charge in [-0.1, -0.05) is 26.2 Å². The number of carbonyl (C=O) groups excluding carboxylic acids is 1. The molecule has 0 radical (unpaired) electrons. The molecule has 1 heterocycles. The van der Waals surface area contributed by atoms with Crippen LogP contribution in [-0.4, -0.2) is 56.5 Å². The fourth-order valence-electron chi connectivity index (χ4n) is 3.58. The third kappa shape index (κ3) is 5.43. The van der Waals surface area contributed by atoms with Gasteiger partial charge in [-0.3, -0.25) is 0 Å². The minimum Gasteiger partial charge on any atom is -0.382 e. The van der Waals surface area contributed by atoms with Gasteiger partial charge < -0.3 is 19.7 Å². The Hall–Kier alpha value is -0.810. The smallest absolute Gasteiger partial charge is 0.317 e. The monoisotopic (exact) mass is 312 g/mol. The number of nitrogens with zero attached hydrogens (tertiary/aromatic N) is 1. The normalized spacial score (nSPS) is 26.9. The van der Waals surface area contributed by atoms with Gasteiger partial charge in [-0.05, 0) is 31.6 Å². The number of ether oxygens (including phenoxy) is 2. The van der Waals surface area contributed by atoms with E-state index in [0.717, 1.165) is 44.7 Å². The van der Waals surface area contributed by atoms with Crippen molar-refractivity contribution in [2.45, 2.75) is 64.0 Å². The summed E-state index contributed by atoms with van der Waals surface area (Å²) in [6.07, 6.45) is 8.23. The number of urea groups is 1. The summed E-state index contributed by atoms with van der Waals surface area (Å²) >= 11 is 0. The molecule has 2 rings (SSSR count). The first-order valence-electron chi connectivity index (χ1n) is 8.89. The summed E-state index contributed by atoms with van der Waals surface area (Å²) < 4.78 is 10.7. The zero-order valence-electron chi connectivity index (χ0n) is 14.2. The molecule has 2 unspecified atom stereocenters. The van der Waals surface area contributed by atoms with E-state index in [0.29, 0.717) is 19.3 Å². The summed E-state index contributed by atoms with van der Waals surface area (Å²) in [4.78, 5) is 14.3. The van der Waals surface area contributed by atoms with E-state index in [9.17, 15) is 4.79 Å². The minimum atomic E-state index is 0.122. The lowest BCUT2D eigenvalue weighted by molar-refractivity contribution is -0.00940. The first-order valence-corrected chi connectivity index (χ1v) is 8.89. The predicted molar refractivity (Wildman–Crippen MR) is 87.0 cm³/mol. The first kappa shape index (κ1) is 17.5. The molecule has 1 saturated heterocycles. The fraction of sp³-hybridized carbons (Fsp3) is 0.941. The van der Waals surface area contributed by atoms with E-state index < -0.39 is 0 Å². The molecular weight excluding hydrogens is 280 g/mol. The van der Waals surface area contributed by atoms with E-state index in [4.69, 9.17) is 9.47 Å². The average Bonchev–Trinajstić information content (AvgIpc) is 2.56. The third-order valence-corrected chi connectivity index (χ3v) is 5.06. The van der Waals surface area contributed by atoms with Gasteiger partial charge >= 0.3 is 6.03 Å². The van der Waals surface area contributed by atoms with Gasteiger partial charge in [0.25, 0.3) is 0 Å². The average molecular weight is 312 g/mol. The maximum Gasteiger partial charge on any atom is 0.317 e. The van der Waals surface area contributed by atoms with Crippen molar-refractivity contribution in [1.29, 1.82) is 0 Å². The van der Waals surface area contributed by atoms with Crippen LogP contribution in [0, 0.1) is 5.92 Å². The summed E-state index contributed by atoms with van der Waals surface area (Å²) in [6.45, 7) is 5.14. The lowest BCUT2D eigenvalue weighted by Crippen LogP contribution is -2.49. The molecule has 1 aliphatic carbocycles. The Kier molecular flexibility index (Phi) is 7.46. The molecule has 1 saturated carbocycles. The van der Waals surface area contributed by atoms with Crippen LogP contribution in [0.2, 0.25) is 0 Å². The van der Waals surface area contributed by atoms with Crippen molar-refractivity contribution in [3.05, 3.63) is 0 Å². The molecule has 5 nitrogen and oxygen atoms in total. The molecule has 2 aliphatic rings. The topological polar surface area (TPSA) is 50.8 Å². The number of piperidine rings is 1. The summed E-state index contributed by atoms with van der Waals surface area (Å²) in [5.74, 6) is 0.791. The molecule has 0 bridgehead atoms. The van der Waals surface area contributed by atoms with Crippen LogP contribution in [0.5, 0.6) is 0 Å². The highest BCUT2D eigenvalue weighted by Gasteiger charge is 2.27. The molecule has 22 heavy (non-hydrogen) atoms. The second-order valence-electron chi connectivity index (χ2n) is 6.64. The molecule has 128 valence electrons. The molecule has 0 aromatic heterocycles. The molecule has 0 spiro atoms. The highest BCUT2D eigenvalue weighted by atomic mass is 16.5. The molecule has 2 fully saturated rings. The van der Waals surface area contributed by atoms with Gasteiger partial charge in [-0.2, -0.15) is 0 Å². The Morgan fingerprint density at radius 3 is 2.64 bits per heavy atom. The lowest BCUT2D eigenvalue weighted by atomic mass is 9.84. The summed E-state index contributed by atoms with van der Waals surface area (Å²) in [6, 6.07) is 0.499. The van der Waals surface area contributed by atoms with Crippen molar-refractivity contribution in [2.24, 2.45) is 5.92 Å². The van der Waals surface area contributed by atoms with Crippen LogP contribution in [0.25, 0.3) is 0 Å². The van der Waals surface area contributed by atoms with E-state index in [1.165, 1.54) is 19.3 Å². The van der Waals surface area contributed by atoms with E-state index in [2.05, 4.69) is 12.2 Å². The van der Waals surface area contributed by atoms with Gasteiger partial charge in [-0.15, -0.1) is 0 Å². The molecule has 5 heteroatoms. The van der Waals surface area contributed by atoms with Gasteiger partial charge in [-0.25, -0.2) is 4.79 Å². The Bertz CT molecular complexity index is 330. The van der Waals surface area contributed by atoms with Crippen LogP contribution >= 0.6 is 0 Å². The number of hydrogen-bond acceptors (Lipinski definition) is 3. The standard InChI is InChI=1S/C17H32N2O3/c1-3-14-5-4-6-15(13-14)18-17(20)19-9-7-16(8-10-19)22-12-11-21-2/h14-16H,3-13H2,1-2H3,(H,18,20). The van der Waals surface area contributed by atoms with Crippen LogP contribution in [0.15, 0.2) is 0 Å². The molecule has 1 aliphatic heterocycles. The predicted octanol–water partition coefficient (Wildman–Crippen LogP) is 2.79. The van der Waals surface area contributed by atoms with Crippen molar-refractivity contribution in [1.82, 2.24) is 10.2 Å². The Labute approximate surface area is 134 Å². The Balaban J connectivity index is 1.66. The third-order valence-electron chi connectivity index (χ3n) is 5.06. The van der Waals surface area contributed by atoms with Crippen molar-refractivity contribution >= 4 is 6.03 Å². The first-order chi connectivity index (χ1) is 10.7. The second kappa shape index (κ2) is 9.36. The van der Waals surface area contributed by atoms with Crippen LogP contribution in [0.1, 0.15) is 51.9 Å². The number of hydrogen-bond donors (Lipinski definition) is 1. The molecule has 2 amide bonds. The SMILES string of the molecule is CCC1CCCC(NC(=O)N2CCC(OCCOC)CC2)C1. The Morgan fingerprint density at radius 2 is 1.95 bits per heavy atom. The quantitative estimate of drug-likeness (QED) is 0.767. The number of nitrogens with one attached hydrogen (secondary N) is 1. The van der Waals surface area contributed by atoms with Gasteiger partial charge in [0.05, 0.1) is 19.3 Å². The maximum atomic E-state index is 12.4. The van der Waals surface area contributed by atoms with Crippen LogP contribution < -0.4 is 5.32 Å². The number of carbonyl (C=O) groups is 1. The van der Waals surface area contributed by atoms with E-state index in [-0.39, 0.29) is 12.1 Å². The molecule has 2 atom stereocenters. The maximum absolute atomic E-state index is 12.4. The van der Waals surface area contributed by atoms with Crippen LogP contribution in [0.4, 0.5) is 4.79 Å². The number of likely N-dealkylation sites (tertiary alicyclic amines) is 1. The fourth-order valence-corrected chi connectivity index (χ4v) is 3.58. The molecule has 0 aromatic rings. The van der Waals surface area contributed by atoms with E-state index in [1.807, 2.05) is 4.90 Å². The minimum absolute atomic E-state index is 0.122. The van der Waals surface area contributed by atoms with Gasteiger partial charge in [0.2, 0.25) is 0 Å². The van der Waals surface area contributed by atoms with Gasteiger partial charge in [0, 0.05) is 26.2 Å².